The fraction of sp³-hybridized carbons (Fsp3) is 0.400. The van der Waals surface area contributed by atoms with Gasteiger partial charge in [0.2, 0.25) is 5.91 Å². The van der Waals surface area contributed by atoms with E-state index in [1.54, 1.807) is 0 Å². The molecule has 0 unspecified atom stereocenters. The highest BCUT2D eigenvalue weighted by Crippen LogP contribution is 2.24. The van der Waals surface area contributed by atoms with Crippen LogP contribution in [0.15, 0.2) is 60.7 Å². The molecule has 0 aliphatic rings. The maximum Gasteiger partial charge on any atom is 0.243 e. The monoisotopic (exact) mass is 410 g/mol. The first-order chi connectivity index (χ1) is 14.6. The molecule has 30 heavy (non-hydrogen) atoms. The molecule has 0 aliphatic carbocycles. The number of ether oxygens (including phenoxy) is 2. The minimum atomic E-state index is -0.138. The fourth-order valence-electron chi connectivity index (χ4n) is 2.88. The molecule has 2 rings (SSSR count). The second kappa shape index (κ2) is 13.3. The van der Waals surface area contributed by atoms with Crippen LogP contribution in [0.5, 0.6) is 11.5 Å². The summed E-state index contributed by atoms with van der Waals surface area (Å²) in [6.45, 7) is 9.24. The van der Waals surface area contributed by atoms with Gasteiger partial charge in [-0.3, -0.25) is 4.79 Å². The molecule has 5 nitrogen and oxygen atoms in total. The van der Waals surface area contributed by atoms with Gasteiger partial charge in [0, 0.05) is 11.8 Å². The van der Waals surface area contributed by atoms with Crippen molar-refractivity contribution in [2.24, 2.45) is 0 Å². The maximum absolute atomic E-state index is 12.4. The van der Waals surface area contributed by atoms with Crippen LogP contribution in [0.1, 0.15) is 46.0 Å². The molecule has 2 N–H and O–H groups in total. The van der Waals surface area contributed by atoms with E-state index in [4.69, 9.17) is 9.47 Å². The van der Waals surface area contributed by atoms with Crippen molar-refractivity contribution in [2.45, 2.75) is 46.0 Å². The Kier molecular flexibility index (Phi) is 10.3. The molecule has 0 spiro atoms. The van der Waals surface area contributed by atoms with Crippen LogP contribution in [0.2, 0.25) is 0 Å². The molecule has 0 radical (unpaired) electrons. The highest BCUT2D eigenvalue weighted by molar-refractivity contribution is 5.94. The number of hydrogen-bond acceptors (Lipinski definition) is 4. The van der Waals surface area contributed by atoms with Crippen LogP contribution < -0.4 is 20.1 Å². The first kappa shape index (κ1) is 23.3. The van der Waals surface area contributed by atoms with Crippen molar-refractivity contribution in [3.63, 3.8) is 0 Å². The summed E-state index contributed by atoms with van der Waals surface area (Å²) in [6, 6.07) is 15.1. The molecular weight excluding hydrogens is 376 g/mol. The molecule has 0 heterocycles. The van der Waals surface area contributed by atoms with Crippen molar-refractivity contribution in [1.82, 2.24) is 0 Å². The summed E-state index contributed by atoms with van der Waals surface area (Å²) in [4.78, 5) is 12.4. The number of hydrogen-bond donors (Lipinski definition) is 2. The number of unbranched alkanes of at least 4 members (excludes halogenated alkanes) is 4. The van der Waals surface area contributed by atoms with Crippen molar-refractivity contribution in [1.29, 1.82) is 0 Å². The molecule has 5 heteroatoms. The van der Waals surface area contributed by atoms with E-state index in [2.05, 4.69) is 24.1 Å². The Hall–Kier alpha value is -2.95. The Bertz CT molecular complexity index is 804. The number of amides is 1. The largest absolute Gasteiger partial charge is 0.494 e. The van der Waals surface area contributed by atoms with Crippen LogP contribution in [0.3, 0.4) is 0 Å². The quantitative estimate of drug-likeness (QED) is 0.294. The zero-order valence-corrected chi connectivity index (χ0v) is 18.2. The molecule has 0 aliphatic heterocycles. The third-order valence-corrected chi connectivity index (χ3v) is 4.43. The summed E-state index contributed by atoms with van der Waals surface area (Å²) in [6.07, 6.45) is 6.01. The summed E-state index contributed by atoms with van der Waals surface area (Å²) in [5.41, 5.74) is 2.43. The summed E-state index contributed by atoms with van der Waals surface area (Å²) < 4.78 is 11.5. The highest BCUT2D eigenvalue weighted by atomic mass is 16.5. The predicted molar refractivity (Wildman–Crippen MR) is 125 cm³/mol. The number of benzene rings is 2. The minimum Gasteiger partial charge on any atom is -0.494 e. The zero-order chi connectivity index (χ0) is 21.6. The van der Waals surface area contributed by atoms with Gasteiger partial charge in [-0.1, -0.05) is 57.4 Å². The van der Waals surface area contributed by atoms with Crippen molar-refractivity contribution in [2.75, 3.05) is 30.4 Å². The highest BCUT2D eigenvalue weighted by Gasteiger charge is 2.07. The summed E-state index contributed by atoms with van der Waals surface area (Å²) >= 11 is 0. The van der Waals surface area contributed by atoms with Gasteiger partial charge in [-0.25, -0.2) is 0 Å². The van der Waals surface area contributed by atoms with Gasteiger partial charge in [-0.05, 0) is 43.2 Å². The van der Waals surface area contributed by atoms with Crippen LogP contribution in [-0.4, -0.2) is 25.7 Å². The topological polar surface area (TPSA) is 59.6 Å². The Morgan fingerprint density at radius 1 is 1.00 bits per heavy atom. The Labute approximate surface area is 180 Å². The van der Waals surface area contributed by atoms with E-state index in [9.17, 15) is 4.79 Å². The first-order valence-electron chi connectivity index (χ1n) is 10.7. The average molecular weight is 411 g/mol. The Morgan fingerprint density at radius 3 is 2.60 bits per heavy atom. The van der Waals surface area contributed by atoms with Gasteiger partial charge in [0.1, 0.15) is 18.1 Å². The van der Waals surface area contributed by atoms with E-state index in [0.29, 0.717) is 19.0 Å². The number of carbonyl (C=O) groups excluding carboxylic acids is 1. The van der Waals surface area contributed by atoms with Gasteiger partial charge in [0.25, 0.3) is 0 Å². The van der Waals surface area contributed by atoms with Gasteiger partial charge in [-0.2, -0.15) is 0 Å². The molecule has 0 atom stereocenters. The second-order valence-corrected chi connectivity index (χ2v) is 7.43. The molecular formula is C25H34N2O3. The van der Waals surface area contributed by atoms with Gasteiger partial charge >= 0.3 is 0 Å². The molecule has 0 aromatic heterocycles. The normalized spacial score (nSPS) is 10.3. The lowest BCUT2D eigenvalue weighted by Crippen LogP contribution is -2.22. The lowest BCUT2D eigenvalue weighted by Gasteiger charge is -2.13. The van der Waals surface area contributed by atoms with Crippen LogP contribution in [0, 0.1) is 0 Å². The lowest BCUT2D eigenvalue weighted by molar-refractivity contribution is -0.114. The molecule has 0 bridgehead atoms. The van der Waals surface area contributed by atoms with Gasteiger partial charge in [0.15, 0.2) is 0 Å². The van der Waals surface area contributed by atoms with Crippen LogP contribution in [0.4, 0.5) is 11.4 Å². The standard InChI is InChI=1S/C25H34N2O3/c1-4-5-6-7-10-16-29-22-13-11-12-21(17-22)27-25(28)18-26-23-14-8-9-15-24(23)30-19-20(2)3/h8-9,11-15,17,26H,2,4-7,10,16,18-19H2,1,3H3,(H,27,28). The number of para-hydroxylation sites is 2. The third-order valence-electron chi connectivity index (χ3n) is 4.43. The SMILES string of the molecule is C=C(C)COc1ccccc1NCC(=O)Nc1cccc(OCCCCCCC)c1. The van der Waals surface area contributed by atoms with Crippen LogP contribution in [-0.2, 0) is 4.79 Å². The second-order valence-electron chi connectivity index (χ2n) is 7.43. The maximum atomic E-state index is 12.4. The minimum absolute atomic E-state index is 0.135. The molecule has 162 valence electrons. The van der Waals surface area contributed by atoms with Gasteiger partial charge < -0.3 is 20.1 Å². The van der Waals surface area contributed by atoms with Crippen LogP contribution >= 0.6 is 0 Å². The van der Waals surface area contributed by atoms with E-state index in [-0.39, 0.29) is 12.5 Å². The number of anilines is 2. The number of rotatable bonds is 14. The molecule has 0 fully saturated rings. The van der Waals surface area contributed by atoms with Gasteiger partial charge in [0.05, 0.1) is 18.8 Å². The molecule has 2 aromatic carbocycles. The smallest absolute Gasteiger partial charge is 0.243 e. The van der Waals surface area contributed by atoms with Crippen molar-refractivity contribution >= 4 is 17.3 Å². The number of nitrogens with one attached hydrogen (secondary N) is 2. The molecule has 0 saturated carbocycles. The Morgan fingerprint density at radius 2 is 1.80 bits per heavy atom. The van der Waals surface area contributed by atoms with Crippen LogP contribution in [0.25, 0.3) is 0 Å². The molecule has 2 aromatic rings. The average Bonchev–Trinajstić information content (AvgIpc) is 2.74. The van der Waals surface area contributed by atoms with E-state index >= 15 is 0 Å². The van der Waals surface area contributed by atoms with Gasteiger partial charge in [-0.15, -0.1) is 0 Å². The Balaban J connectivity index is 1.79. The van der Waals surface area contributed by atoms with E-state index < -0.39 is 0 Å². The third kappa shape index (κ3) is 9.03. The van der Waals surface area contributed by atoms with E-state index in [0.717, 1.165) is 29.1 Å². The molecule has 1 amide bonds. The van der Waals surface area contributed by atoms with Crippen molar-refractivity contribution < 1.29 is 14.3 Å². The van der Waals surface area contributed by atoms with E-state index in [1.165, 1.54) is 25.7 Å². The lowest BCUT2D eigenvalue weighted by atomic mass is 10.2. The summed E-state index contributed by atoms with van der Waals surface area (Å²) in [5.74, 6) is 1.33. The first-order valence-corrected chi connectivity index (χ1v) is 10.7. The van der Waals surface area contributed by atoms with Crippen molar-refractivity contribution in [3.8, 4) is 11.5 Å². The van der Waals surface area contributed by atoms with Crippen molar-refractivity contribution in [3.05, 3.63) is 60.7 Å². The summed E-state index contributed by atoms with van der Waals surface area (Å²) in [7, 11) is 0. The fourth-order valence-corrected chi connectivity index (χ4v) is 2.88. The zero-order valence-electron chi connectivity index (χ0n) is 18.2. The predicted octanol–water partition coefficient (Wildman–Crippen LogP) is 6.04. The van der Waals surface area contributed by atoms with E-state index in [1.807, 2.05) is 55.5 Å². The summed E-state index contributed by atoms with van der Waals surface area (Å²) in [5, 5.41) is 6.04. The number of carbonyl (C=O) groups is 1. The molecule has 0 saturated heterocycles.